The highest BCUT2D eigenvalue weighted by molar-refractivity contribution is 6.00. The number of hydrogen-bond acceptors (Lipinski definition) is 5. The molecule has 3 aromatic heterocycles. The van der Waals surface area contributed by atoms with E-state index < -0.39 is 0 Å². The van der Waals surface area contributed by atoms with Crippen molar-refractivity contribution in [2.24, 2.45) is 5.92 Å². The van der Waals surface area contributed by atoms with Crippen LogP contribution in [0.25, 0.3) is 21.9 Å². The third-order valence-electron chi connectivity index (χ3n) is 8.37. The molecule has 0 spiro atoms. The summed E-state index contributed by atoms with van der Waals surface area (Å²) in [7, 11) is 0. The molecule has 7 nitrogen and oxygen atoms in total. The highest BCUT2D eigenvalue weighted by atomic mass is 16.4. The standard InChI is InChI=1S/C29H30N2O5/c1-15-18(4)35-27-17(3)28-23(11-22(15)27)16(2)21(29(34)36-28)8-9-25(32)30-12-19-10-20(14-30)24-6-5-7-26(33)31(24)13-19/h5-7,11,19-20H,8-10,12-14H2,1-4H3/t19-,20-/m0/s1. The zero-order chi connectivity index (χ0) is 25.3. The third kappa shape index (κ3) is 3.44. The predicted molar refractivity (Wildman–Crippen MR) is 138 cm³/mol. The third-order valence-corrected chi connectivity index (χ3v) is 8.37. The minimum Gasteiger partial charge on any atom is -0.461 e. The molecule has 0 saturated carbocycles. The fourth-order valence-electron chi connectivity index (χ4n) is 6.27. The lowest BCUT2D eigenvalue weighted by atomic mass is 9.83. The number of pyridine rings is 1. The average Bonchev–Trinajstić information content (AvgIpc) is 3.14. The van der Waals surface area contributed by atoms with Gasteiger partial charge in [0.1, 0.15) is 16.9 Å². The molecular weight excluding hydrogens is 456 g/mol. The Hall–Kier alpha value is -3.61. The summed E-state index contributed by atoms with van der Waals surface area (Å²) >= 11 is 0. The van der Waals surface area contributed by atoms with Crippen molar-refractivity contribution in [3.63, 3.8) is 0 Å². The van der Waals surface area contributed by atoms with Gasteiger partial charge in [-0.15, -0.1) is 0 Å². The summed E-state index contributed by atoms with van der Waals surface area (Å²) in [5, 5.41) is 1.91. The van der Waals surface area contributed by atoms with Crippen molar-refractivity contribution in [2.75, 3.05) is 13.1 Å². The van der Waals surface area contributed by atoms with E-state index in [1.54, 1.807) is 12.1 Å². The first-order valence-corrected chi connectivity index (χ1v) is 12.7. The fraction of sp³-hybridized carbons (Fsp3) is 0.414. The number of benzene rings is 1. The molecule has 2 aliphatic rings. The van der Waals surface area contributed by atoms with Crippen LogP contribution in [0, 0.1) is 33.6 Å². The number of likely N-dealkylation sites (tertiary alicyclic amines) is 1. The van der Waals surface area contributed by atoms with Crippen LogP contribution in [-0.4, -0.2) is 28.5 Å². The molecule has 6 rings (SSSR count). The first-order chi connectivity index (χ1) is 17.2. The van der Waals surface area contributed by atoms with E-state index in [-0.39, 0.29) is 35.3 Å². The van der Waals surface area contributed by atoms with Crippen molar-refractivity contribution in [1.29, 1.82) is 0 Å². The highest BCUT2D eigenvalue weighted by Gasteiger charge is 2.36. The minimum atomic E-state index is -0.390. The molecule has 1 amide bonds. The van der Waals surface area contributed by atoms with Crippen LogP contribution < -0.4 is 11.2 Å². The number of hydrogen-bond donors (Lipinski definition) is 0. The van der Waals surface area contributed by atoms with E-state index in [4.69, 9.17) is 8.83 Å². The van der Waals surface area contributed by atoms with Gasteiger partial charge in [-0.1, -0.05) is 6.07 Å². The zero-order valence-electron chi connectivity index (χ0n) is 21.1. The van der Waals surface area contributed by atoms with Gasteiger partial charge >= 0.3 is 5.63 Å². The Morgan fingerprint density at radius 3 is 2.50 bits per heavy atom. The normalized spacial score (nSPS) is 19.2. The molecule has 0 aliphatic carbocycles. The predicted octanol–water partition coefficient (Wildman–Crippen LogP) is 4.51. The van der Waals surface area contributed by atoms with Crippen LogP contribution >= 0.6 is 0 Å². The maximum absolute atomic E-state index is 13.3. The Morgan fingerprint density at radius 1 is 0.944 bits per heavy atom. The molecular formula is C29H30N2O5. The second-order valence-corrected chi connectivity index (χ2v) is 10.5. The molecule has 2 atom stereocenters. The number of fused-ring (bicyclic) bond motifs is 6. The van der Waals surface area contributed by atoms with Crippen LogP contribution in [0.15, 0.2) is 42.7 Å². The number of piperidine rings is 1. The Kier molecular flexibility index (Phi) is 5.21. The zero-order valence-corrected chi connectivity index (χ0v) is 21.1. The highest BCUT2D eigenvalue weighted by Crippen LogP contribution is 2.36. The van der Waals surface area contributed by atoms with E-state index in [2.05, 4.69) is 0 Å². The number of aromatic nitrogens is 1. The van der Waals surface area contributed by atoms with Gasteiger partial charge in [-0.3, -0.25) is 9.59 Å². The summed E-state index contributed by atoms with van der Waals surface area (Å²) < 4.78 is 13.6. The molecule has 4 aromatic rings. The Balaban J connectivity index is 1.27. The molecule has 2 bridgehead atoms. The SMILES string of the molecule is Cc1oc2c(C)c3oc(=O)c(CCC(=O)N4C[C@@H]5C[C@@H](C4)c4cccc(=O)n4C5)c(C)c3cc2c1C. The molecule has 2 aliphatic heterocycles. The summed E-state index contributed by atoms with van der Waals surface area (Å²) in [6.07, 6.45) is 1.59. The summed E-state index contributed by atoms with van der Waals surface area (Å²) in [6.45, 7) is 9.74. The van der Waals surface area contributed by atoms with Crippen LogP contribution in [0.4, 0.5) is 0 Å². The van der Waals surface area contributed by atoms with Crippen molar-refractivity contribution < 1.29 is 13.6 Å². The second-order valence-electron chi connectivity index (χ2n) is 10.5. The topological polar surface area (TPSA) is 85.7 Å². The van der Waals surface area contributed by atoms with Crippen LogP contribution in [-0.2, 0) is 17.8 Å². The van der Waals surface area contributed by atoms with Crippen LogP contribution in [0.3, 0.4) is 0 Å². The van der Waals surface area contributed by atoms with E-state index in [9.17, 15) is 14.4 Å². The minimum absolute atomic E-state index is 0.0359. The number of amides is 1. The molecule has 5 heterocycles. The molecule has 7 heteroatoms. The van der Waals surface area contributed by atoms with Gasteiger partial charge in [-0.05, 0) is 69.7 Å². The second kappa shape index (κ2) is 8.22. The van der Waals surface area contributed by atoms with Crippen LogP contribution in [0.1, 0.15) is 52.5 Å². The van der Waals surface area contributed by atoms with Gasteiger partial charge in [-0.25, -0.2) is 4.79 Å². The van der Waals surface area contributed by atoms with Gasteiger partial charge < -0.3 is 18.3 Å². The summed E-state index contributed by atoms with van der Waals surface area (Å²) in [6, 6.07) is 7.45. The van der Waals surface area contributed by atoms with Crippen LogP contribution in [0.5, 0.6) is 0 Å². The molecule has 186 valence electrons. The smallest absolute Gasteiger partial charge is 0.339 e. The molecule has 0 unspecified atom stereocenters. The van der Waals surface area contributed by atoms with Crippen molar-refractivity contribution in [1.82, 2.24) is 9.47 Å². The van der Waals surface area contributed by atoms with E-state index in [0.717, 1.165) is 50.9 Å². The quantitative estimate of drug-likeness (QED) is 0.398. The average molecular weight is 487 g/mol. The molecule has 1 fully saturated rings. The maximum atomic E-state index is 13.3. The Morgan fingerprint density at radius 2 is 1.69 bits per heavy atom. The first kappa shape index (κ1) is 22.8. The maximum Gasteiger partial charge on any atom is 0.339 e. The molecule has 1 saturated heterocycles. The van der Waals surface area contributed by atoms with Crippen molar-refractivity contribution in [3.05, 3.63) is 78.7 Å². The van der Waals surface area contributed by atoms with Gasteiger partial charge in [0.2, 0.25) is 5.91 Å². The van der Waals surface area contributed by atoms with E-state index in [1.165, 1.54) is 0 Å². The van der Waals surface area contributed by atoms with Gasteiger partial charge in [0, 0.05) is 65.6 Å². The first-order valence-electron chi connectivity index (χ1n) is 12.7. The largest absolute Gasteiger partial charge is 0.461 e. The molecule has 0 radical (unpaired) electrons. The summed E-state index contributed by atoms with van der Waals surface area (Å²) in [5.74, 6) is 1.35. The lowest BCUT2D eigenvalue weighted by Crippen LogP contribution is -2.49. The molecule has 1 aromatic carbocycles. The Bertz CT molecular complexity index is 1670. The number of carbonyl (C=O) groups excluding carboxylic acids is 1. The van der Waals surface area contributed by atoms with Gasteiger partial charge in [0.05, 0.1) is 0 Å². The number of carbonyl (C=O) groups is 1. The van der Waals surface area contributed by atoms with E-state index in [1.807, 2.05) is 49.3 Å². The van der Waals surface area contributed by atoms with Crippen LogP contribution in [0.2, 0.25) is 0 Å². The number of furan rings is 1. The number of nitrogens with zero attached hydrogens (tertiary/aromatic N) is 2. The monoisotopic (exact) mass is 486 g/mol. The number of rotatable bonds is 3. The van der Waals surface area contributed by atoms with E-state index in [0.29, 0.717) is 37.2 Å². The lowest BCUT2D eigenvalue weighted by Gasteiger charge is -2.42. The summed E-state index contributed by atoms with van der Waals surface area (Å²) in [4.78, 5) is 40.4. The number of aryl methyl sites for hydroxylation is 4. The van der Waals surface area contributed by atoms with Crippen molar-refractivity contribution in [2.45, 2.75) is 59.4 Å². The fourth-order valence-corrected chi connectivity index (χ4v) is 6.27. The molecule has 0 N–H and O–H groups in total. The Labute approximate surface area is 208 Å². The van der Waals surface area contributed by atoms with E-state index >= 15 is 0 Å². The van der Waals surface area contributed by atoms with Gasteiger partial charge in [-0.2, -0.15) is 0 Å². The van der Waals surface area contributed by atoms with Gasteiger partial charge in [0.25, 0.3) is 5.56 Å². The van der Waals surface area contributed by atoms with Crippen molar-refractivity contribution >= 4 is 27.8 Å². The van der Waals surface area contributed by atoms with Crippen molar-refractivity contribution in [3.8, 4) is 0 Å². The summed E-state index contributed by atoms with van der Waals surface area (Å²) in [5.41, 5.74) is 5.29. The molecule has 36 heavy (non-hydrogen) atoms. The lowest BCUT2D eigenvalue weighted by molar-refractivity contribution is -0.133. The van der Waals surface area contributed by atoms with Gasteiger partial charge in [0.15, 0.2) is 0 Å².